The van der Waals surface area contributed by atoms with E-state index in [1.165, 1.54) is 18.7 Å². The molecule has 1 N–H and O–H groups in total. The Balaban J connectivity index is 2.38. The molecule has 0 aromatic heterocycles. The predicted octanol–water partition coefficient (Wildman–Crippen LogP) is 1.94. The molecular weight excluding hydrogens is 242 g/mol. The SMILES string of the molecule is CCc1ccc(/C=C/C(=O)NCCC(=O)OC)cc1. The van der Waals surface area contributed by atoms with E-state index in [4.69, 9.17) is 0 Å². The molecule has 4 nitrogen and oxygen atoms in total. The van der Waals surface area contributed by atoms with Crippen LogP contribution in [0.5, 0.6) is 0 Å². The van der Waals surface area contributed by atoms with E-state index < -0.39 is 0 Å². The molecular formula is C15H19NO3. The first-order valence-corrected chi connectivity index (χ1v) is 6.27. The molecule has 0 unspecified atom stereocenters. The van der Waals surface area contributed by atoms with Crippen LogP contribution in [0.1, 0.15) is 24.5 Å². The molecule has 0 aliphatic carbocycles. The van der Waals surface area contributed by atoms with Crippen molar-refractivity contribution < 1.29 is 14.3 Å². The summed E-state index contributed by atoms with van der Waals surface area (Å²) in [6, 6.07) is 8.01. The maximum atomic E-state index is 11.5. The predicted molar refractivity (Wildman–Crippen MR) is 74.5 cm³/mol. The van der Waals surface area contributed by atoms with Crippen molar-refractivity contribution in [1.82, 2.24) is 5.32 Å². The van der Waals surface area contributed by atoms with Crippen LogP contribution in [0.4, 0.5) is 0 Å². The molecule has 102 valence electrons. The largest absolute Gasteiger partial charge is 0.469 e. The number of benzene rings is 1. The molecule has 19 heavy (non-hydrogen) atoms. The zero-order chi connectivity index (χ0) is 14.1. The van der Waals surface area contributed by atoms with Crippen molar-refractivity contribution in [3.8, 4) is 0 Å². The summed E-state index contributed by atoms with van der Waals surface area (Å²) in [6.45, 7) is 2.38. The van der Waals surface area contributed by atoms with Gasteiger partial charge >= 0.3 is 5.97 Å². The number of esters is 1. The molecule has 0 saturated heterocycles. The number of aryl methyl sites for hydroxylation is 1. The smallest absolute Gasteiger partial charge is 0.307 e. The van der Waals surface area contributed by atoms with Gasteiger partial charge in [-0.05, 0) is 23.6 Å². The number of methoxy groups -OCH3 is 1. The lowest BCUT2D eigenvalue weighted by Crippen LogP contribution is -2.24. The third-order valence-electron chi connectivity index (χ3n) is 2.67. The van der Waals surface area contributed by atoms with Crippen LogP contribution >= 0.6 is 0 Å². The number of carbonyl (C=O) groups is 2. The molecule has 1 aromatic rings. The van der Waals surface area contributed by atoms with Gasteiger partial charge in [0.05, 0.1) is 13.5 Å². The van der Waals surface area contributed by atoms with Crippen LogP contribution < -0.4 is 5.32 Å². The second kappa shape index (κ2) is 8.08. The highest BCUT2D eigenvalue weighted by molar-refractivity contribution is 5.91. The number of rotatable bonds is 6. The van der Waals surface area contributed by atoms with Gasteiger partial charge in [0.2, 0.25) is 5.91 Å². The zero-order valence-corrected chi connectivity index (χ0v) is 11.3. The van der Waals surface area contributed by atoms with Gasteiger partial charge < -0.3 is 10.1 Å². The number of nitrogens with one attached hydrogen (secondary N) is 1. The standard InChI is InChI=1S/C15H19NO3/c1-3-12-4-6-13(7-5-12)8-9-14(17)16-11-10-15(18)19-2/h4-9H,3,10-11H2,1-2H3,(H,16,17)/b9-8+. The van der Waals surface area contributed by atoms with Crippen LogP contribution in [0, 0.1) is 0 Å². The Morgan fingerprint density at radius 1 is 1.26 bits per heavy atom. The Morgan fingerprint density at radius 3 is 2.53 bits per heavy atom. The molecule has 1 aromatic carbocycles. The summed E-state index contributed by atoms with van der Waals surface area (Å²) in [5.41, 5.74) is 2.24. The van der Waals surface area contributed by atoms with Gasteiger partial charge in [-0.15, -0.1) is 0 Å². The van der Waals surface area contributed by atoms with Gasteiger partial charge in [-0.2, -0.15) is 0 Å². The number of ether oxygens (including phenoxy) is 1. The zero-order valence-electron chi connectivity index (χ0n) is 11.3. The minimum Gasteiger partial charge on any atom is -0.469 e. The minimum atomic E-state index is -0.334. The molecule has 1 rings (SSSR count). The molecule has 0 heterocycles. The van der Waals surface area contributed by atoms with Crippen LogP contribution in [0.15, 0.2) is 30.3 Å². The van der Waals surface area contributed by atoms with Crippen molar-refractivity contribution in [2.24, 2.45) is 0 Å². The second-order valence-electron chi connectivity index (χ2n) is 4.05. The summed E-state index contributed by atoms with van der Waals surface area (Å²) in [7, 11) is 1.32. The van der Waals surface area contributed by atoms with Gasteiger partial charge in [0.25, 0.3) is 0 Å². The van der Waals surface area contributed by atoms with Crippen molar-refractivity contribution in [1.29, 1.82) is 0 Å². The number of hydrogen-bond donors (Lipinski definition) is 1. The average molecular weight is 261 g/mol. The average Bonchev–Trinajstić information content (AvgIpc) is 2.45. The van der Waals surface area contributed by atoms with Crippen LogP contribution in [-0.4, -0.2) is 25.5 Å². The summed E-state index contributed by atoms with van der Waals surface area (Å²) in [5.74, 6) is -0.553. The number of amides is 1. The van der Waals surface area contributed by atoms with E-state index >= 15 is 0 Å². The molecule has 0 atom stereocenters. The maximum Gasteiger partial charge on any atom is 0.307 e. The summed E-state index contributed by atoms with van der Waals surface area (Å²) >= 11 is 0. The van der Waals surface area contributed by atoms with Gasteiger partial charge in [-0.3, -0.25) is 9.59 Å². The lowest BCUT2D eigenvalue weighted by atomic mass is 10.1. The fourth-order valence-electron chi connectivity index (χ4n) is 1.49. The van der Waals surface area contributed by atoms with Crippen molar-refractivity contribution in [2.75, 3.05) is 13.7 Å². The third kappa shape index (κ3) is 5.86. The molecule has 0 saturated carbocycles. The normalized spacial score (nSPS) is 10.4. The molecule has 0 bridgehead atoms. The third-order valence-corrected chi connectivity index (χ3v) is 2.67. The molecule has 4 heteroatoms. The van der Waals surface area contributed by atoms with Gasteiger partial charge in [-0.1, -0.05) is 31.2 Å². The fourth-order valence-corrected chi connectivity index (χ4v) is 1.49. The van der Waals surface area contributed by atoms with Crippen molar-refractivity contribution >= 4 is 18.0 Å². The summed E-state index contributed by atoms with van der Waals surface area (Å²) in [4.78, 5) is 22.3. The quantitative estimate of drug-likeness (QED) is 0.629. The van der Waals surface area contributed by atoms with Crippen LogP contribution in [0.2, 0.25) is 0 Å². The van der Waals surface area contributed by atoms with Crippen LogP contribution in [0.3, 0.4) is 0 Å². The number of carbonyl (C=O) groups excluding carboxylic acids is 2. The summed E-state index contributed by atoms with van der Waals surface area (Å²) in [6.07, 6.45) is 4.38. The highest BCUT2D eigenvalue weighted by atomic mass is 16.5. The van der Waals surface area contributed by atoms with E-state index in [0.717, 1.165) is 12.0 Å². The molecule has 0 aliphatic rings. The summed E-state index contributed by atoms with van der Waals surface area (Å²) in [5, 5.41) is 2.61. The minimum absolute atomic E-state index is 0.182. The lowest BCUT2D eigenvalue weighted by Gasteiger charge is -2.01. The first kappa shape index (κ1) is 15.0. The van der Waals surface area contributed by atoms with Crippen LogP contribution in [-0.2, 0) is 20.7 Å². The Morgan fingerprint density at radius 2 is 1.95 bits per heavy atom. The lowest BCUT2D eigenvalue weighted by molar-refractivity contribution is -0.140. The molecule has 0 radical (unpaired) electrons. The van der Waals surface area contributed by atoms with Crippen LogP contribution in [0.25, 0.3) is 6.08 Å². The molecule has 0 spiro atoms. The Bertz CT molecular complexity index is 449. The topological polar surface area (TPSA) is 55.4 Å². The fraction of sp³-hybridized carbons (Fsp3) is 0.333. The Labute approximate surface area is 113 Å². The summed E-state index contributed by atoms with van der Waals surface area (Å²) < 4.78 is 4.47. The first-order valence-electron chi connectivity index (χ1n) is 6.27. The Kier molecular flexibility index (Phi) is 6.36. The van der Waals surface area contributed by atoms with Crippen molar-refractivity contribution in [2.45, 2.75) is 19.8 Å². The molecule has 0 aliphatic heterocycles. The highest BCUT2D eigenvalue weighted by Crippen LogP contribution is 2.06. The van der Waals surface area contributed by atoms with Crippen molar-refractivity contribution in [3.63, 3.8) is 0 Å². The molecule has 1 amide bonds. The van der Waals surface area contributed by atoms with E-state index in [-0.39, 0.29) is 24.8 Å². The number of hydrogen-bond acceptors (Lipinski definition) is 3. The second-order valence-corrected chi connectivity index (χ2v) is 4.05. The molecule has 0 fully saturated rings. The van der Waals surface area contributed by atoms with E-state index in [1.54, 1.807) is 6.08 Å². The van der Waals surface area contributed by atoms with Gasteiger partial charge in [-0.25, -0.2) is 0 Å². The van der Waals surface area contributed by atoms with Gasteiger partial charge in [0.1, 0.15) is 0 Å². The highest BCUT2D eigenvalue weighted by Gasteiger charge is 2.00. The van der Waals surface area contributed by atoms with E-state index in [2.05, 4.69) is 17.0 Å². The van der Waals surface area contributed by atoms with Crippen molar-refractivity contribution in [3.05, 3.63) is 41.5 Å². The van der Waals surface area contributed by atoms with E-state index in [9.17, 15) is 9.59 Å². The van der Waals surface area contributed by atoms with E-state index in [0.29, 0.717) is 0 Å². The first-order chi connectivity index (χ1) is 9.15. The monoisotopic (exact) mass is 261 g/mol. The Hall–Kier alpha value is -2.10. The van der Waals surface area contributed by atoms with Gasteiger partial charge in [0, 0.05) is 12.6 Å². The maximum absolute atomic E-state index is 11.5. The van der Waals surface area contributed by atoms with Gasteiger partial charge in [0.15, 0.2) is 0 Å². The van der Waals surface area contributed by atoms with E-state index in [1.807, 2.05) is 24.3 Å².